The molecule has 0 aromatic heterocycles. The quantitative estimate of drug-likeness (QED) is 0.252. The van der Waals surface area contributed by atoms with E-state index in [0.717, 1.165) is 60.1 Å². The van der Waals surface area contributed by atoms with Gasteiger partial charge in [0, 0.05) is 29.5 Å². The summed E-state index contributed by atoms with van der Waals surface area (Å²) in [6, 6.07) is 11.8. The molecule has 2 atom stereocenters. The van der Waals surface area contributed by atoms with Crippen LogP contribution in [-0.2, 0) is 16.0 Å². The normalized spacial score (nSPS) is 19.6. The summed E-state index contributed by atoms with van der Waals surface area (Å²) >= 11 is 1.64. The van der Waals surface area contributed by atoms with E-state index in [9.17, 15) is 19.5 Å². The molecule has 7 nitrogen and oxygen atoms in total. The van der Waals surface area contributed by atoms with Gasteiger partial charge in [0.05, 0.1) is 0 Å². The van der Waals surface area contributed by atoms with Crippen molar-refractivity contribution in [3.63, 3.8) is 0 Å². The summed E-state index contributed by atoms with van der Waals surface area (Å²) in [5.41, 5.74) is 2.18. The molecule has 1 amide bonds. The van der Waals surface area contributed by atoms with E-state index >= 15 is 0 Å². The Hall–Kier alpha value is -3.00. The molecule has 216 valence electrons. The first-order chi connectivity index (χ1) is 19.0. The smallest absolute Gasteiger partial charge is 0.410 e. The summed E-state index contributed by atoms with van der Waals surface area (Å²) in [6.07, 6.45) is 7.16. The number of rotatable bonds is 10. The van der Waals surface area contributed by atoms with Gasteiger partial charge in [-0.15, -0.1) is 11.8 Å². The summed E-state index contributed by atoms with van der Waals surface area (Å²) in [7, 11) is 0. The van der Waals surface area contributed by atoms with Crippen molar-refractivity contribution in [3.8, 4) is 5.75 Å². The van der Waals surface area contributed by atoms with Crippen LogP contribution >= 0.6 is 11.8 Å². The monoisotopic (exact) mass is 567 g/mol. The van der Waals surface area contributed by atoms with Crippen molar-refractivity contribution in [3.05, 3.63) is 58.7 Å². The van der Waals surface area contributed by atoms with E-state index in [1.54, 1.807) is 16.7 Å². The highest BCUT2D eigenvalue weighted by atomic mass is 32.2. The lowest BCUT2D eigenvalue weighted by molar-refractivity contribution is -0.152. The second-order valence-corrected chi connectivity index (χ2v) is 12.5. The van der Waals surface area contributed by atoms with Crippen molar-refractivity contribution in [1.82, 2.24) is 4.90 Å². The molecule has 8 heteroatoms. The van der Waals surface area contributed by atoms with Gasteiger partial charge < -0.3 is 19.5 Å². The third-order valence-electron chi connectivity index (χ3n) is 8.18. The molecular weight excluding hydrogens is 526 g/mol. The van der Waals surface area contributed by atoms with Crippen molar-refractivity contribution in [2.24, 2.45) is 11.8 Å². The molecule has 0 spiro atoms. The van der Waals surface area contributed by atoms with Crippen molar-refractivity contribution < 1.29 is 29.0 Å². The molecule has 1 heterocycles. The largest absolute Gasteiger partial charge is 0.478 e. The first kappa shape index (κ1) is 30.0. The van der Waals surface area contributed by atoms with Crippen LogP contribution in [0.5, 0.6) is 5.75 Å². The molecule has 0 radical (unpaired) electrons. The van der Waals surface area contributed by atoms with Gasteiger partial charge in [-0.3, -0.25) is 4.79 Å². The van der Waals surface area contributed by atoms with Gasteiger partial charge in [0.2, 0.25) is 0 Å². The summed E-state index contributed by atoms with van der Waals surface area (Å²) in [4.78, 5) is 41.1. The van der Waals surface area contributed by atoms with Gasteiger partial charge in [-0.1, -0.05) is 24.3 Å². The van der Waals surface area contributed by atoms with Crippen LogP contribution in [0.4, 0.5) is 4.79 Å². The van der Waals surface area contributed by atoms with Crippen molar-refractivity contribution in [1.29, 1.82) is 0 Å². The highest BCUT2D eigenvalue weighted by Gasteiger charge is 2.41. The minimum absolute atomic E-state index is 0.00587. The van der Waals surface area contributed by atoms with E-state index in [1.807, 2.05) is 56.5 Å². The lowest BCUT2D eigenvalue weighted by Crippen LogP contribution is -2.38. The number of thioether (sulfide) groups is 1. The zero-order chi connectivity index (χ0) is 29.0. The number of ketones is 1. The molecule has 1 saturated carbocycles. The van der Waals surface area contributed by atoms with Crippen molar-refractivity contribution >= 4 is 29.6 Å². The average molecular weight is 568 g/mol. The van der Waals surface area contributed by atoms with Gasteiger partial charge >= 0.3 is 12.1 Å². The highest BCUT2D eigenvalue weighted by Crippen LogP contribution is 2.34. The molecule has 2 fully saturated rings. The fraction of sp³-hybridized carbons (Fsp3) is 0.531. The van der Waals surface area contributed by atoms with Gasteiger partial charge in [0.15, 0.2) is 11.4 Å². The number of carboxylic acid groups (broad SMARTS) is 1. The summed E-state index contributed by atoms with van der Waals surface area (Å²) in [6.45, 7) is 7.79. The Morgan fingerprint density at radius 1 is 1.02 bits per heavy atom. The van der Waals surface area contributed by atoms with Crippen LogP contribution < -0.4 is 4.74 Å². The molecule has 40 heavy (non-hydrogen) atoms. The number of benzene rings is 2. The number of carboxylic acids is 1. The maximum Gasteiger partial charge on any atom is 0.410 e. The minimum atomic E-state index is -1.33. The molecule has 1 aliphatic carbocycles. The zero-order valence-electron chi connectivity index (χ0n) is 24.2. The Kier molecular flexibility index (Phi) is 9.49. The van der Waals surface area contributed by atoms with Crippen LogP contribution in [0.15, 0.2) is 41.3 Å². The number of aryl methyl sites for hydroxylation is 3. The molecule has 1 unspecified atom stereocenters. The van der Waals surface area contributed by atoms with Gasteiger partial charge in [-0.05, 0) is 107 Å². The summed E-state index contributed by atoms with van der Waals surface area (Å²) in [5.74, 6) is -0.657. The molecule has 4 rings (SSSR count). The summed E-state index contributed by atoms with van der Waals surface area (Å²) in [5, 5.41) is 9.47. The number of amides is 1. The van der Waals surface area contributed by atoms with Crippen LogP contribution in [0, 0.1) is 25.7 Å². The topological polar surface area (TPSA) is 93.1 Å². The number of hydrogen-bond acceptors (Lipinski definition) is 6. The third-order valence-corrected chi connectivity index (χ3v) is 8.92. The van der Waals surface area contributed by atoms with E-state index in [4.69, 9.17) is 9.47 Å². The Balaban J connectivity index is 1.50. The van der Waals surface area contributed by atoms with E-state index in [2.05, 4.69) is 0 Å². The van der Waals surface area contributed by atoms with Gasteiger partial charge in [0.25, 0.3) is 0 Å². The van der Waals surface area contributed by atoms with E-state index in [0.29, 0.717) is 24.4 Å². The predicted molar refractivity (Wildman–Crippen MR) is 156 cm³/mol. The molecule has 0 bridgehead atoms. The van der Waals surface area contributed by atoms with E-state index in [1.165, 1.54) is 13.8 Å². The maximum atomic E-state index is 13.7. The molecular formula is C32H41NO6S. The Morgan fingerprint density at radius 2 is 1.65 bits per heavy atom. The highest BCUT2D eigenvalue weighted by molar-refractivity contribution is 7.98. The second-order valence-electron chi connectivity index (χ2n) is 11.7. The minimum Gasteiger partial charge on any atom is -0.478 e. The fourth-order valence-corrected chi connectivity index (χ4v) is 6.21. The third kappa shape index (κ3) is 7.00. The second kappa shape index (κ2) is 12.7. The van der Waals surface area contributed by atoms with Crippen molar-refractivity contribution in [2.45, 2.75) is 82.8 Å². The zero-order valence-corrected chi connectivity index (χ0v) is 25.0. The van der Waals surface area contributed by atoms with Crippen LogP contribution in [-0.4, -0.2) is 58.9 Å². The maximum absolute atomic E-state index is 13.7. The number of ether oxygens (including phenoxy) is 2. The van der Waals surface area contributed by atoms with Gasteiger partial charge in [-0.2, -0.15) is 0 Å². The van der Waals surface area contributed by atoms with Crippen LogP contribution in [0.1, 0.15) is 73.0 Å². The summed E-state index contributed by atoms with van der Waals surface area (Å²) < 4.78 is 11.7. The number of carbonyl (C=O) groups is 3. The van der Waals surface area contributed by atoms with Gasteiger partial charge in [-0.25, -0.2) is 9.59 Å². The fourth-order valence-electron chi connectivity index (χ4n) is 5.80. The number of likely N-dealkylation sites (tertiary alicyclic amines) is 1. The van der Waals surface area contributed by atoms with Crippen LogP contribution in [0.25, 0.3) is 0 Å². The molecule has 2 aromatic carbocycles. The molecule has 1 aliphatic heterocycles. The predicted octanol–water partition coefficient (Wildman–Crippen LogP) is 6.71. The Morgan fingerprint density at radius 3 is 2.23 bits per heavy atom. The van der Waals surface area contributed by atoms with E-state index in [-0.39, 0.29) is 29.8 Å². The molecule has 1 saturated heterocycles. The number of nitrogens with zero attached hydrogens (tertiary/aromatic N) is 1. The lowest BCUT2D eigenvalue weighted by Gasteiger charge is -2.25. The number of aliphatic carboxylic acids is 1. The Bertz CT molecular complexity index is 1210. The molecule has 1 N–H and O–H groups in total. The SMILES string of the molecule is CSc1ccc(C(=O)C2CN(C(=O)OC3CCCC3)C[C@H]2CCc2cc(C)c(OC(C)(C)C(=O)O)c(C)c2)cc1. The molecule has 2 aromatic rings. The van der Waals surface area contributed by atoms with Crippen LogP contribution in [0.2, 0.25) is 0 Å². The first-order valence-electron chi connectivity index (χ1n) is 14.1. The van der Waals surface area contributed by atoms with Crippen molar-refractivity contribution in [2.75, 3.05) is 19.3 Å². The standard InChI is InChI=1S/C32H41NO6S/c1-20-16-22(17-21(2)29(20)39-32(3,4)30(35)36)10-11-24-18-33(31(37)38-25-8-6-7-9-25)19-27(24)28(34)23-12-14-26(40-5)15-13-23/h12-17,24-25,27H,6-11,18-19H2,1-5H3,(H,35,36)/t24-,27?/m1/s1. The molecule has 2 aliphatic rings. The number of hydrogen-bond donors (Lipinski definition) is 1. The van der Waals surface area contributed by atoms with E-state index < -0.39 is 11.6 Å². The average Bonchev–Trinajstić information content (AvgIpc) is 3.59. The first-order valence-corrected chi connectivity index (χ1v) is 15.4. The Labute approximate surface area is 241 Å². The number of carbonyl (C=O) groups excluding carboxylic acids is 2. The lowest BCUT2D eigenvalue weighted by atomic mass is 9.84. The van der Waals surface area contributed by atoms with Gasteiger partial charge in [0.1, 0.15) is 11.9 Å². The van der Waals surface area contributed by atoms with Crippen LogP contribution in [0.3, 0.4) is 0 Å². The number of Topliss-reactive ketones (excluding diaryl/α,β-unsaturated/α-hetero) is 1.